The Kier molecular flexibility index (Phi) is 20.1. The fourth-order valence-electron chi connectivity index (χ4n) is 6.68. The van der Waals surface area contributed by atoms with Gasteiger partial charge in [-0.2, -0.15) is 0 Å². The van der Waals surface area contributed by atoms with Crippen LogP contribution in [0.3, 0.4) is 0 Å². The molecule has 0 saturated heterocycles. The lowest BCUT2D eigenvalue weighted by Gasteiger charge is -2.39. The molecule has 0 aromatic heterocycles. The summed E-state index contributed by atoms with van der Waals surface area (Å²) >= 11 is 0. The zero-order chi connectivity index (χ0) is 55.0. The van der Waals surface area contributed by atoms with Crippen molar-refractivity contribution in [3.63, 3.8) is 0 Å². The maximum Gasteiger partial charge on any atom is 0.418 e. The number of hydrogen-bond donors (Lipinski definition) is 3. The fraction of sp³-hybridized carbons (Fsp3) is 0.377. The lowest BCUT2D eigenvalue weighted by atomic mass is 9.98. The molecule has 0 radical (unpaired) electrons. The molecule has 0 bridgehead atoms. The van der Waals surface area contributed by atoms with Crippen LogP contribution in [0.5, 0.6) is 11.5 Å². The number of aliphatic carboxylic acids is 1. The van der Waals surface area contributed by atoms with Crippen LogP contribution in [0.2, 0.25) is 0 Å². The molecule has 0 aliphatic heterocycles. The minimum atomic E-state index is -2.88. The van der Waals surface area contributed by atoms with E-state index < -0.39 is 108 Å². The smallest absolute Gasteiger partial charge is 0.418 e. The molecule has 0 spiro atoms. The van der Waals surface area contributed by atoms with Gasteiger partial charge in [0.25, 0.3) is 0 Å². The Bertz CT molecular complexity index is 2590. The third-order valence-electron chi connectivity index (χ3n) is 10.5. The number of para-hydroxylation sites is 2. The van der Waals surface area contributed by atoms with Gasteiger partial charge in [-0.05, 0) is 104 Å². The van der Waals surface area contributed by atoms with Crippen molar-refractivity contribution in [2.45, 2.75) is 115 Å². The molecule has 0 saturated carbocycles. The number of carbonyl (C=O) groups is 9. The van der Waals surface area contributed by atoms with Crippen LogP contribution < -0.4 is 20.9 Å². The number of imide groups is 2. The summed E-state index contributed by atoms with van der Waals surface area (Å²) in [5.74, 6) is -9.30. The molecule has 0 aliphatic rings. The van der Waals surface area contributed by atoms with Crippen molar-refractivity contribution in [1.29, 1.82) is 0 Å². The summed E-state index contributed by atoms with van der Waals surface area (Å²) in [6, 6.07) is 28.3. The van der Waals surface area contributed by atoms with Crippen LogP contribution in [0.25, 0.3) is 0 Å². The van der Waals surface area contributed by atoms with Gasteiger partial charge in [0.1, 0.15) is 35.9 Å². The molecule has 4 aromatic carbocycles. The first-order valence-electron chi connectivity index (χ1n) is 23.1. The number of nitrogens with two attached hydrogens (primary N) is 2. The summed E-state index contributed by atoms with van der Waals surface area (Å²) in [7, 11) is 0. The highest BCUT2D eigenvalue weighted by molar-refractivity contribution is 6.02. The van der Waals surface area contributed by atoms with E-state index in [0.29, 0.717) is 11.1 Å². The minimum Gasteiger partial charge on any atom is -0.479 e. The predicted molar refractivity (Wildman–Crippen MR) is 263 cm³/mol. The third kappa shape index (κ3) is 16.4. The number of benzene rings is 4. The summed E-state index contributed by atoms with van der Waals surface area (Å²) < 4.78 is 38.8. The first kappa shape index (κ1) is 58.4. The lowest BCUT2D eigenvalue weighted by molar-refractivity contribution is -0.199. The van der Waals surface area contributed by atoms with E-state index in [2.05, 4.69) is 0 Å². The van der Waals surface area contributed by atoms with Crippen molar-refractivity contribution in [2.75, 3.05) is 13.2 Å². The number of esters is 3. The Morgan fingerprint density at radius 3 is 1.30 bits per heavy atom. The predicted octanol–water partition coefficient (Wildman–Crippen LogP) is 4.94. The van der Waals surface area contributed by atoms with Gasteiger partial charge >= 0.3 is 42.4 Å². The molecule has 0 aliphatic carbocycles. The van der Waals surface area contributed by atoms with E-state index >= 15 is 0 Å². The molecule has 2 unspecified atom stereocenters. The zero-order valence-corrected chi connectivity index (χ0v) is 42.3. The minimum absolute atomic E-state index is 0.0631. The quantitative estimate of drug-likeness (QED) is 0.0309. The largest absolute Gasteiger partial charge is 0.479 e. The molecular weight excluding hydrogens is 965 g/mol. The zero-order valence-electron chi connectivity index (χ0n) is 42.3. The number of nitrogens with zero attached hydrogens (tertiary/aromatic N) is 2. The number of ether oxygens (including phenoxy) is 7. The molecule has 0 heterocycles. The average Bonchev–Trinajstić information content (AvgIpc) is 3.34. The van der Waals surface area contributed by atoms with Crippen molar-refractivity contribution in [2.24, 2.45) is 11.5 Å². The Morgan fingerprint density at radius 2 is 0.905 bits per heavy atom. The highest BCUT2D eigenvalue weighted by Gasteiger charge is 2.54. The van der Waals surface area contributed by atoms with Gasteiger partial charge < -0.3 is 49.7 Å². The Balaban J connectivity index is 1.81. The number of carboxylic acid groups (broad SMARTS) is 1. The van der Waals surface area contributed by atoms with Crippen LogP contribution in [-0.4, -0.2) is 129 Å². The second kappa shape index (κ2) is 25.5. The lowest BCUT2D eigenvalue weighted by Crippen LogP contribution is -2.65. The number of amides is 4. The van der Waals surface area contributed by atoms with Crippen LogP contribution in [-0.2, 0) is 70.1 Å². The van der Waals surface area contributed by atoms with Crippen LogP contribution >= 0.6 is 0 Å². The highest BCUT2D eigenvalue weighted by atomic mass is 16.7. The summed E-state index contributed by atoms with van der Waals surface area (Å²) in [5.41, 5.74) is 5.49. The van der Waals surface area contributed by atoms with Crippen molar-refractivity contribution < 1.29 is 81.4 Å². The highest BCUT2D eigenvalue weighted by Crippen LogP contribution is 2.28. The van der Waals surface area contributed by atoms with Gasteiger partial charge in [-0.3, -0.25) is 14.4 Å². The summed E-state index contributed by atoms with van der Waals surface area (Å²) in [6.07, 6.45) is -7.80. The van der Waals surface area contributed by atoms with E-state index in [0.717, 1.165) is 13.8 Å². The maximum atomic E-state index is 15.0. The van der Waals surface area contributed by atoms with E-state index in [1.165, 1.54) is 77.9 Å². The Labute approximate surface area is 427 Å². The summed E-state index contributed by atoms with van der Waals surface area (Å²) in [6.45, 7) is 7.83. The van der Waals surface area contributed by atoms with E-state index in [4.69, 9.17) is 44.6 Å². The Morgan fingerprint density at radius 1 is 0.541 bits per heavy atom. The molecule has 6 atom stereocenters. The molecule has 21 nitrogen and oxygen atoms in total. The molecule has 74 heavy (non-hydrogen) atoms. The number of hydrogen-bond acceptors (Lipinski definition) is 18. The maximum absolute atomic E-state index is 15.0. The number of rotatable bonds is 22. The standard InChI is InChI=1S/C53H62N4O17/c1-50(2,3)73-48(66)56(41(59)38(54)29-34-21-13-9-14-22-34)52(7,46(63)64)32-69-44(62)45(71-37-27-19-12-20-28-37)72-47(65)53(8,33-68-43(61)40(31-58)70-36-25-17-11-18-26-36)57(49(67)74-51(4,5)6)42(60)39(55)30-35-23-15-10-16-24-35/h9-28,31,38-40,45H,29-30,32-33,54-55H2,1-8H3,(H,63,64)/t38-,39-,40?,45?,52-,53-/m0/s1. The molecule has 5 N–H and O–H groups in total. The van der Waals surface area contributed by atoms with E-state index in [1.54, 1.807) is 84.9 Å². The van der Waals surface area contributed by atoms with Crippen LogP contribution in [0, 0.1) is 0 Å². The van der Waals surface area contributed by atoms with Crippen molar-refractivity contribution >= 4 is 54.2 Å². The van der Waals surface area contributed by atoms with Gasteiger partial charge in [0.2, 0.25) is 17.9 Å². The van der Waals surface area contributed by atoms with Gasteiger partial charge in [0, 0.05) is 0 Å². The summed E-state index contributed by atoms with van der Waals surface area (Å²) in [4.78, 5) is 126. The first-order valence-corrected chi connectivity index (χ1v) is 23.1. The molecule has 396 valence electrons. The van der Waals surface area contributed by atoms with Crippen LogP contribution in [0.15, 0.2) is 121 Å². The van der Waals surface area contributed by atoms with E-state index in [9.17, 15) is 48.3 Å². The normalized spacial score (nSPS) is 14.6. The topological polar surface area (TPSA) is 297 Å². The van der Waals surface area contributed by atoms with Crippen molar-refractivity contribution in [1.82, 2.24) is 9.80 Å². The molecule has 4 amide bonds. The second-order valence-electron chi connectivity index (χ2n) is 19.1. The van der Waals surface area contributed by atoms with Gasteiger partial charge in [0.15, 0.2) is 17.4 Å². The number of aldehydes is 1. The molecule has 4 rings (SSSR count). The third-order valence-corrected chi connectivity index (χ3v) is 10.5. The Hall–Kier alpha value is -8.17. The second-order valence-corrected chi connectivity index (χ2v) is 19.1. The molecule has 21 heteroatoms. The van der Waals surface area contributed by atoms with E-state index in [1.807, 2.05) is 0 Å². The monoisotopic (exact) mass is 1030 g/mol. The number of carbonyl (C=O) groups excluding carboxylic acids is 8. The van der Waals surface area contributed by atoms with E-state index in [-0.39, 0.29) is 40.4 Å². The summed E-state index contributed by atoms with van der Waals surface area (Å²) in [5, 5.41) is 10.7. The van der Waals surface area contributed by atoms with Crippen LogP contribution in [0.4, 0.5) is 9.59 Å². The first-order chi connectivity index (χ1) is 34.7. The molecular formula is C53H62N4O17. The van der Waals surface area contributed by atoms with Crippen molar-refractivity contribution in [3.05, 3.63) is 132 Å². The van der Waals surface area contributed by atoms with Crippen molar-refractivity contribution in [3.8, 4) is 11.5 Å². The SMILES string of the molecule is CC(C)(C)OC(=O)N(C(=O)[C@@H](N)Cc1ccccc1)[C@@](C)(COC(=O)C(OC(=O)[C@](C)(COC(=O)C(C=O)Oc1ccccc1)N(C(=O)OC(C)(C)C)C(=O)[C@@H](N)Cc1ccccc1)Oc1ccccc1)C(=O)O. The molecule has 0 fully saturated rings. The molecule has 4 aromatic rings. The van der Waals surface area contributed by atoms with Gasteiger partial charge in [0.05, 0.1) is 12.1 Å². The fourth-order valence-corrected chi connectivity index (χ4v) is 6.68. The van der Waals surface area contributed by atoms with Gasteiger partial charge in [-0.1, -0.05) is 97.1 Å². The van der Waals surface area contributed by atoms with Gasteiger partial charge in [-0.15, -0.1) is 0 Å². The van der Waals surface area contributed by atoms with Gasteiger partial charge in [-0.25, -0.2) is 38.6 Å². The number of carboxylic acids is 1. The average molecular weight is 1030 g/mol. The van der Waals surface area contributed by atoms with Crippen LogP contribution in [0.1, 0.15) is 66.5 Å².